The fourth-order valence-electron chi connectivity index (χ4n) is 3.63. The van der Waals surface area contributed by atoms with Gasteiger partial charge in [-0.1, -0.05) is 19.8 Å². The van der Waals surface area contributed by atoms with Crippen molar-refractivity contribution in [3.05, 3.63) is 11.9 Å². The highest BCUT2D eigenvalue weighted by Crippen LogP contribution is 2.28. The van der Waals surface area contributed by atoms with Gasteiger partial charge in [0.05, 0.1) is 0 Å². The molecular formula is C15H26N6. The Morgan fingerprint density at radius 2 is 2.19 bits per heavy atom. The molecule has 3 heterocycles. The fourth-order valence-corrected chi connectivity index (χ4v) is 3.63. The molecule has 3 N–H and O–H groups in total. The lowest BCUT2D eigenvalue weighted by molar-refractivity contribution is 0.133. The molecule has 0 amide bonds. The second-order valence-electron chi connectivity index (χ2n) is 6.05. The number of nitrogen functional groups attached to an aromatic ring is 1. The SMILES string of the molecule is CCCc1c(NN)ncnc1N1CCN2CCCCC2C1. The Morgan fingerprint density at radius 3 is 3.00 bits per heavy atom. The number of aromatic nitrogens is 2. The number of piperazine rings is 1. The molecule has 2 aliphatic rings. The van der Waals surface area contributed by atoms with Gasteiger partial charge in [-0.25, -0.2) is 15.8 Å². The van der Waals surface area contributed by atoms with Crippen molar-refractivity contribution in [1.29, 1.82) is 0 Å². The van der Waals surface area contributed by atoms with Crippen molar-refractivity contribution in [3.63, 3.8) is 0 Å². The van der Waals surface area contributed by atoms with Crippen LogP contribution in [0.15, 0.2) is 6.33 Å². The highest BCUT2D eigenvalue weighted by atomic mass is 15.3. The summed E-state index contributed by atoms with van der Waals surface area (Å²) in [7, 11) is 0. The molecule has 0 aliphatic carbocycles. The van der Waals surface area contributed by atoms with Crippen LogP contribution in [0, 0.1) is 0 Å². The second-order valence-corrected chi connectivity index (χ2v) is 6.05. The molecule has 0 radical (unpaired) electrons. The van der Waals surface area contributed by atoms with E-state index >= 15 is 0 Å². The van der Waals surface area contributed by atoms with Gasteiger partial charge in [0, 0.05) is 31.2 Å². The highest BCUT2D eigenvalue weighted by molar-refractivity contribution is 5.58. The fraction of sp³-hybridized carbons (Fsp3) is 0.733. The van der Waals surface area contributed by atoms with Crippen molar-refractivity contribution < 1.29 is 0 Å². The molecule has 6 nitrogen and oxygen atoms in total. The molecule has 0 bridgehead atoms. The summed E-state index contributed by atoms with van der Waals surface area (Å²) in [6.07, 6.45) is 7.67. The third-order valence-corrected chi connectivity index (χ3v) is 4.70. The third kappa shape index (κ3) is 2.96. The van der Waals surface area contributed by atoms with Crippen LogP contribution in [-0.2, 0) is 6.42 Å². The number of hydrazine groups is 1. The molecule has 2 saturated heterocycles. The van der Waals surface area contributed by atoms with E-state index in [1.165, 1.54) is 25.8 Å². The van der Waals surface area contributed by atoms with E-state index in [1.54, 1.807) is 6.33 Å². The predicted octanol–water partition coefficient (Wildman–Crippen LogP) is 1.39. The number of nitrogens with one attached hydrogen (secondary N) is 1. The van der Waals surface area contributed by atoms with Gasteiger partial charge in [-0.2, -0.15) is 0 Å². The summed E-state index contributed by atoms with van der Waals surface area (Å²) in [4.78, 5) is 13.9. The van der Waals surface area contributed by atoms with Crippen molar-refractivity contribution in [2.45, 2.75) is 45.1 Å². The van der Waals surface area contributed by atoms with Gasteiger partial charge >= 0.3 is 0 Å². The van der Waals surface area contributed by atoms with Gasteiger partial charge in [0.15, 0.2) is 0 Å². The van der Waals surface area contributed by atoms with Crippen LogP contribution in [-0.4, -0.2) is 47.1 Å². The number of hydrogen-bond acceptors (Lipinski definition) is 6. The first-order valence-electron chi connectivity index (χ1n) is 8.13. The molecule has 0 spiro atoms. The lowest BCUT2D eigenvalue weighted by Gasteiger charge is -2.44. The topological polar surface area (TPSA) is 70.3 Å². The largest absolute Gasteiger partial charge is 0.353 e. The normalized spacial score (nSPS) is 23.0. The highest BCUT2D eigenvalue weighted by Gasteiger charge is 2.30. The first-order valence-corrected chi connectivity index (χ1v) is 8.13. The van der Waals surface area contributed by atoms with Crippen molar-refractivity contribution in [2.24, 2.45) is 5.84 Å². The molecule has 2 aliphatic heterocycles. The molecule has 116 valence electrons. The van der Waals surface area contributed by atoms with Crippen LogP contribution < -0.4 is 16.2 Å². The second kappa shape index (κ2) is 6.58. The maximum Gasteiger partial charge on any atom is 0.148 e. The van der Waals surface area contributed by atoms with Crippen LogP contribution in [0.5, 0.6) is 0 Å². The van der Waals surface area contributed by atoms with E-state index in [4.69, 9.17) is 5.84 Å². The van der Waals surface area contributed by atoms with E-state index in [0.29, 0.717) is 6.04 Å². The maximum absolute atomic E-state index is 5.62. The van der Waals surface area contributed by atoms with Crippen LogP contribution in [0.3, 0.4) is 0 Å². The van der Waals surface area contributed by atoms with Crippen LogP contribution in [0.1, 0.15) is 38.2 Å². The zero-order valence-electron chi connectivity index (χ0n) is 12.9. The Bertz CT molecular complexity index is 477. The number of nitrogens with zero attached hydrogens (tertiary/aromatic N) is 4. The minimum absolute atomic E-state index is 0.686. The number of fused-ring (bicyclic) bond motifs is 1. The minimum Gasteiger partial charge on any atom is -0.353 e. The smallest absolute Gasteiger partial charge is 0.148 e. The molecule has 6 heteroatoms. The third-order valence-electron chi connectivity index (χ3n) is 4.70. The molecule has 0 saturated carbocycles. The Balaban J connectivity index is 1.83. The average Bonchev–Trinajstić information content (AvgIpc) is 2.55. The zero-order chi connectivity index (χ0) is 14.7. The first kappa shape index (κ1) is 14.5. The van der Waals surface area contributed by atoms with Gasteiger partial charge in [0.1, 0.15) is 18.0 Å². The Morgan fingerprint density at radius 1 is 1.29 bits per heavy atom. The van der Waals surface area contributed by atoms with E-state index in [-0.39, 0.29) is 0 Å². The van der Waals surface area contributed by atoms with E-state index in [0.717, 1.165) is 49.7 Å². The molecule has 2 fully saturated rings. The van der Waals surface area contributed by atoms with E-state index in [1.807, 2.05) is 0 Å². The van der Waals surface area contributed by atoms with Crippen molar-refractivity contribution in [2.75, 3.05) is 36.5 Å². The Kier molecular flexibility index (Phi) is 4.55. The molecule has 0 aromatic carbocycles. The Hall–Kier alpha value is -1.40. The summed E-state index contributed by atoms with van der Waals surface area (Å²) < 4.78 is 0. The van der Waals surface area contributed by atoms with Crippen molar-refractivity contribution >= 4 is 11.6 Å². The number of nitrogens with two attached hydrogens (primary N) is 1. The van der Waals surface area contributed by atoms with E-state index < -0.39 is 0 Å². The maximum atomic E-state index is 5.62. The lowest BCUT2D eigenvalue weighted by atomic mass is 9.99. The zero-order valence-corrected chi connectivity index (χ0v) is 12.9. The number of hydrogen-bond donors (Lipinski definition) is 2. The van der Waals surface area contributed by atoms with Gasteiger partial charge in [-0.3, -0.25) is 4.90 Å². The summed E-state index contributed by atoms with van der Waals surface area (Å²) in [6, 6.07) is 0.686. The molecule has 1 aromatic rings. The van der Waals surface area contributed by atoms with E-state index in [9.17, 15) is 0 Å². The molecule has 1 atom stereocenters. The van der Waals surface area contributed by atoms with Gasteiger partial charge in [-0.05, 0) is 25.8 Å². The minimum atomic E-state index is 0.686. The van der Waals surface area contributed by atoms with Crippen molar-refractivity contribution in [3.8, 4) is 0 Å². The van der Waals surface area contributed by atoms with Crippen molar-refractivity contribution in [1.82, 2.24) is 14.9 Å². The van der Waals surface area contributed by atoms with Crippen LogP contribution >= 0.6 is 0 Å². The van der Waals surface area contributed by atoms with E-state index in [2.05, 4.69) is 32.1 Å². The summed E-state index contributed by atoms with van der Waals surface area (Å²) in [5.74, 6) is 7.46. The molecule has 3 rings (SSSR count). The number of rotatable bonds is 4. The summed E-state index contributed by atoms with van der Waals surface area (Å²) in [5.41, 5.74) is 3.89. The lowest BCUT2D eigenvalue weighted by Crippen LogP contribution is -2.55. The quantitative estimate of drug-likeness (QED) is 0.645. The summed E-state index contributed by atoms with van der Waals surface area (Å²) in [6.45, 7) is 6.72. The standard InChI is InChI=1S/C15H26N6/c1-2-5-13-14(19-16)17-11-18-15(13)21-9-8-20-7-4-3-6-12(20)10-21/h11-12H,2-10,16H2,1H3,(H,17,18,19). The van der Waals surface area contributed by atoms with Gasteiger partial charge in [0.2, 0.25) is 0 Å². The summed E-state index contributed by atoms with van der Waals surface area (Å²) in [5, 5.41) is 0. The summed E-state index contributed by atoms with van der Waals surface area (Å²) >= 11 is 0. The van der Waals surface area contributed by atoms with Crippen LogP contribution in [0.25, 0.3) is 0 Å². The molecule has 1 unspecified atom stereocenters. The van der Waals surface area contributed by atoms with Crippen LogP contribution in [0.2, 0.25) is 0 Å². The molecular weight excluding hydrogens is 264 g/mol. The van der Waals surface area contributed by atoms with Gasteiger partial charge in [0.25, 0.3) is 0 Å². The van der Waals surface area contributed by atoms with Gasteiger partial charge < -0.3 is 10.3 Å². The average molecular weight is 290 g/mol. The number of piperidine rings is 1. The monoisotopic (exact) mass is 290 g/mol. The van der Waals surface area contributed by atoms with Gasteiger partial charge in [-0.15, -0.1) is 0 Å². The predicted molar refractivity (Wildman–Crippen MR) is 85.3 cm³/mol. The number of anilines is 2. The first-order chi connectivity index (χ1) is 10.3. The van der Waals surface area contributed by atoms with Crippen LogP contribution in [0.4, 0.5) is 11.6 Å². The Labute approximate surface area is 126 Å². The molecule has 1 aromatic heterocycles. The molecule has 21 heavy (non-hydrogen) atoms.